The summed E-state index contributed by atoms with van der Waals surface area (Å²) in [6.07, 6.45) is 1.44. The molecule has 1 unspecified atom stereocenters. The van der Waals surface area contributed by atoms with E-state index in [4.69, 9.17) is 4.74 Å². The normalized spacial score (nSPS) is 12.7. The van der Waals surface area contributed by atoms with Gasteiger partial charge >= 0.3 is 5.97 Å². The standard InChI is InChI=1S/C7H13BrO2/c1-3-6(8)5-10-7(9)4-2/h6H,3-5H2,1-2H3. The summed E-state index contributed by atoms with van der Waals surface area (Å²) in [6.45, 7) is 4.32. The molecule has 10 heavy (non-hydrogen) atoms. The maximum Gasteiger partial charge on any atom is 0.305 e. The van der Waals surface area contributed by atoms with Gasteiger partial charge in [0.25, 0.3) is 0 Å². The fraction of sp³-hybridized carbons (Fsp3) is 0.857. The van der Waals surface area contributed by atoms with Crippen molar-refractivity contribution in [3.63, 3.8) is 0 Å². The highest BCUT2D eigenvalue weighted by molar-refractivity contribution is 9.09. The molecule has 0 spiro atoms. The van der Waals surface area contributed by atoms with Crippen molar-refractivity contribution in [2.24, 2.45) is 0 Å². The van der Waals surface area contributed by atoms with Crippen molar-refractivity contribution >= 4 is 21.9 Å². The number of alkyl halides is 1. The zero-order chi connectivity index (χ0) is 7.98. The summed E-state index contributed by atoms with van der Waals surface area (Å²) in [4.78, 5) is 10.9. The summed E-state index contributed by atoms with van der Waals surface area (Å²) in [5.41, 5.74) is 0. The minimum absolute atomic E-state index is 0.127. The minimum atomic E-state index is -0.127. The van der Waals surface area contributed by atoms with E-state index in [1.54, 1.807) is 6.92 Å². The van der Waals surface area contributed by atoms with E-state index in [1.165, 1.54) is 0 Å². The number of rotatable bonds is 4. The number of ether oxygens (including phenoxy) is 1. The Morgan fingerprint density at radius 1 is 1.60 bits per heavy atom. The highest BCUT2D eigenvalue weighted by Crippen LogP contribution is 2.04. The molecule has 0 rings (SSSR count). The predicted molar refractivity (Wildman–Crippen MR) is 44.3 cm³/mol. The van der Waals surface area contributed by atoms with Crippen molar-refractivity contribution in [2.75, 3.05) is 6.61 Å². The van der Waals surface area contributed by atoms with Gasteiger partial charge < -0.3 is 4.74 Å². The van der Waals surface area contributed by atoms with Gasteiger partial charge in [-0.25, -0.2) is 0 Å². The molecule has 0 aliphatic carbocycles. The summed E-state index contributed by atoms with van der Waals surface area (Å²) < 4.78 is 4.86. The molecular weight excluding hydrogens is 196 g/mol. The fourth-order valence-electron chi connectivity index (χ4n) is 0.403. The van der Waals surface area contributed by atoms with Gasteiger partial charge in [0.05, 0.1) is 0 Å². The van der Waals surface area contributed by atoms with E-state index >= 15 is 0 Å². The zero-order valence-corrected chi connectivity index (χ0v) is 7.98. The lowest BCUT2D eigenvalue weighted by Crippen LogP contribution is -2.11. The number of carbonyl (C=O) groups excluding carboxylic acids is 1. The third-order valence-electron chi connectivity index (χ3n) is 1.16. The summed E-state index contributed by atoms with van der Waals surface area (Å²) in [7, 11) is 0. The van der Waals surface area contributed by atoms with Crippen molar-refractivity contribution in [3.05, 3.63) is 0 Å². The number of hydrogen-bond acceptors (Lipinski definition) is 2. The van der Waals surface area contributed by atoms with E-state index in [2.05, 4.69) is 15.9 Å². The Hall–Kier alpha value is -0.0500. The molecule has 0 aromatic rings. The quantitative estimate of drug-likeness (QED) is 0.523. The first-order valence-electron chi connectivity index (χ1n) is 3.50. The van der Waals surface area contributed by atoms with Crippen LogP contribution in [0.4, 0.5) is 0 Å². The fourth-order valence-corrected chi connectivity index (χ4v) is 0.535. The van der Waals surface area contributed by atoms with Gasteiger partial charge in [-0.05, 0) is 6.42 Å². The Morgan fingerprint density at radius 3 is 2.60 bits per heavy atom. The van der Waals surface area contributed by atoms with Crippen molar-refractivity contribution in [3.8, 4) is 0 Å². The molecule has 0 aromatic carbocycles. The molecule has 0 aromatic heterocycles. The Labute approximate surface area is 70.1 Å². The summed E-state index contributed by atoms with van der Waals surface area (Å²) in [5.74, 6) is -0.127. The maximum atomic E-state index is 10.6. The van der Waals surface area contributed by atoms with E-state index < -0.39 is 0 Å². The van der Waals surface area contributed by atoms with Gasteiger partial charge in [-0.1, -0.05) is 29.8 Å². The second-order valence-electron chi connectivity index (χ2n) is 2.04. The van der Waals surface area contributed by atoms with Crippen LogP contribution in [-0.2, 0) is 9.53 Å². The molecule has 0 radical (unpaired) electrons. The van der Waals surface area contributed by atoms with Crippen LogP contribution in [0.15, 0.2) is 0 Å². The summed E-state index contributed by atoms with van der Waals surface area (Å²) in [6, 6.07) is 0. The Kier molecular flexibility index (Phi) is 5.69. The molecule has 1 atom stereocenters. The lowest BCUT2D eigenvalue weighted by molar-refractivity contribution is -0.143. The average Bonchev–Trinajstić information content (AvgIpc) is 1.99. The Balaban J connectivity index is 3.26. The number of carbonyl (C=O) groups is 1. The first kappa shape index (κ1) is 9.95. The van der Waals surface area contributed by atoms with E-state index in [0.29, 0.717) is 17.9 Å². The van der Waals surface area contributed by atoms with E-state index in [-0.39, 0.29) is 5.97 Å². The van der Waals surface area contributed by atoms with Gasteiger partial charge in [-0.2, -0.15) is 0 Å². The molecule has 0 fully saturated rings. The van der Waals surface area contributed by atoms with Gasteiger partial charge in [0.15, 0.2) is 0 Å². The molecule has 3 heteroatoms. The number of halogens is 1. The molecule has 0 amide bonds. The van der Waals surface area contributed by atoms with Crippen LogP contribution in [0.5, 0.6) is 0 Å². The third kappa shape index (κ3) is 4.79. The van der Waals surface area contributed by atoms with Gasteiger partial charge in [0, 0.05) is 11.2 Å². The highest BCUT2D eigenvalue weighted by atomic mass is 79.9. The summed E-state index contributed by atoms with van der Waals surface area (Å²) >= 11 is 3.36. The molecule has 0 saturated heterocycles. The van der Waals surface area contributed by atoms with E-state index in [9.17, 15) is 4.79 Å². The largest absolute Gasteiger partial charge is 0.464 e. The topological polar surface area (TPSA) is 26.3 Å². The Morgan fingerprint density at radius 2 is 2.20 bits per heavy atom. The van der Waals surface area contributed by atoms with Gasteiger partial charge in [-0.15, -0.1) is 0 Å². The van der Waals surface area contributed by atoms with Crippen molar-refractivity contribution in [1.29, 1.82) is 0 Å². The molecule has 0 saturated carbocycles. The molecular formula is C7H13BrO2. The number of hydrogen-bond donors (Lipinski definition) is 0. The van der Waals surface area contributed by atoms with Crippen LogP contribution in [0.1, 0.15) is 26.7 Å². The van der Waals surface area contributed by atoms with Crippen LogP contribution < -0.4 is 0 Å². The molecule has 0 bridgehead atoms. The molecule has 0 aliphatic heterocycles. The average molecular weight is 209 g/mol. The lowest BCUT2D eigenvalue weighted by atomic mass is 10.3. The monoisotopic (exact) mass is 208 g/mol. The van der Waals surface area contributed by atoms with Crippen LogP contribution in [0.2, 0.25) is 0 Å². The van der Waals surface area contributed by atoms with Crippen LogP contribution in [0.25, 0.3) is 0 Å². The van der Waals surface area contributed by atoms with Crippen molar-refractivity contribution in [1.82, 2.24) is 0 Å². The minimum Gasteiger partial charge on any atom is -0.464 e. The smallest absolute Gasteiger partial charge is 0.305 e. The maximum absolute atomic E-state index is 10.6. The predicted octanol–water partition coefficient (Wildman–Crippen LogP) is 2.11. The molecule has 0 heterocycles. The van der Waals surface area contributed by atoms with Crippen molar-refractivity contribution < 1.29 is 9.53 Å². The first-order valence-corrected chi connectivity index (χ1v) is 4.42. The van der Waals surface area contributed by atoms with Crippen LogP contribution in [0, 0.1) is 0 Å². The van der Waals surface area contributed by atoms with Gasteiger partial charge in [0.1, 0.15) is 6.61 Å². The van der Waals surface area contributed by atoms with Crippen LogP contribution >= 0.6 is 15.9 Å². The second-order valence-corrected chi connectivity index (χ2v) is 3.34. The van der Waals surface area contributed by atoms with E-state index in [1.807, 2.05) is 6.92 Å². The molecule has 60 valence electrons. The highest BCUT2D eigenvalue weighted by Gasteiger charge is 2.03. The van der Waals surface area contributed by atoms with Crippen LogP contribution in [0.3, 0.4) is 0 Å². The van der Waals surface area contributed by atoms with Gasteiger partial charge in [-0.3, -0.25) is 4.79 Å². The van der Waals surface area contributed by atoms with Crippen LogP contribution in [-0.4, -0.2) is 17.4 Å². The second kappa shape index (κ2) is 5.71. The third-order valence-corrected chi connectivity index (χ3v) is 2.07. The lowest BCUT2D eigenvalue weighted by Gasteiger charge is -2.06. The van der Waals surface area contributed by atoms with Crippen molar-refractivity contribution in [2.45, 2.75) is 31.5 Å². The number of esters is 1. The van der Waals surface area contributed by atoms with E-state index in [0.717, 1.165) is 6.42 Å². The van der Waals surface area contributed by atoms with Gasteiger partial charge in [0.2, 0.25) is 0 Å². The SMILES string of the molecule is CCC(=O)OCC(Br)CC. The molecule has 0 aliphatic rings. The summed E-state index contributed by atoms with van der Waals surface area (Å²) in [5, 5.41) is 0. The zero-order valence-electron chi connectivity index (χ0n) is 6.39. The Bertz CT molecular complexity index is 104. The first-order chi connectivity index (χ1) is 4.70. The molecule has 0 N–H and O–H groups in total. The molecule has 2 nitrogen and oxygen atoms in total.